The van der Waals surface area contributed by atoms with Crippen molar-refractivity contribution in [3.05, 3.63) is 59.2 Å². The Balaban J connectivity index is 1.31. The number of aryl methyl sites for hydroxylation is 1. The predicted octanol–water partition coefficient (Wildman–Crippen LogP) is 5.18. The number of benzene rings is 2. The van der Waals surface area contributed by atoms with Crippen LogP contribution in [0.3, 0.4) is 0 Å². The Labute approximate surface area is 179 Å². The Morgan fingerprint density at radius 1 is 1.03 bits per heavy atom. The van der Waals surface area contributed by atoms with E-state index in [1.165, 1.54) is 12.1 Å². The molecule has 0 saturated carbocycles. The fraction of sp³-hybridized carbons (Fsp3) is 0.458. The van der Waals surface area contributed by atoms with Crippen LogP contribution < -0.4 is 5.32 Å². The first-order valence-corrected chi connectivity index (χ1v) is 10.9. The average Bonchev–Trinajstić information content (AvgIpc) is 3.16. The first-order chi connectivity index (χ1) is 14.9. The van der Waals surface area contributed by atoms with Gasteiger partial charge in [0.25, 0.3) is 0 Å². The Morgan fingerprint density at radius 2 is 1.81 bits per heavy atom. The maximum absolute atomic E-state index is 13.1. The standard InChI is InChI=1S/C24H25F3N2O2/c25-24(26,27)19-3-1-2-17(12-19)18-5-4-15-6-7-21(20(15)13-18)28-23(30)31-22-14-29-10-8-16(22)9-11-29/h1-5,12-13,16,21-22H,6-11,14H2,(H,28,30)/t21?,22-/m1/s1. The Hall–Kier alpha value is -2.54. The van der Waals surface area contributed by atoms with E-state index in [1.807, 2.05) is 18.2 Å². The first kappa shape index (κ1) is 20.4. The minimum absolute atomic E-state index is 0.0557. The summed E-state index contributed by atoms with van der Waals surface area (Å²) in [4.78, 5) is 14.9. The molecule has 164 valence electrons. The molecular weight excluding hydrogens is 405 g/mol. The van der Waals surface area contributed by atoms with Crippen LogP contribution in [0.5, 0.6) is 0 Å². The fourth-order valence-corrected chi connectivity index (χ4v) is 5.17. The molecule has 0 radical (unpaired) electrons. The minimum atomic E-state index is -4.38. The largest absolute Gasteiger partial charge is 0.445 e. The highest BCUT2D eigenvalue weighted by atomic mass is 19.4. The van der Waals surface area contributed by atoms with Crippen molar-refractivity contribution in [2.75, 3.05) is 19.6 Å². The molecule has 2 aromatic rings. The molecule has 4 nitrogen and oxygen atoms in total. The van der Waals surface area contributed by atoms with Gasteiger partial charge in [0.1, 0.15) is 6.10 Å². The van der Waals surface area contributed by atoms with Gasteiger partial charge in [-0.25, -0.2) is 4.79 Å². The third-order valence-electron chi connectivity index (χ3n) is 6.89. The van der Waals surface area contributed by atoms with Crippen molar-refractivity contribution in [3.8, 4) is 11.1 Å². The summed E-state index contributed by atoms with van der Waals surface area (Å²) in [5, 5.41) is 3.00. The van der Waals surface area contributed by atoms with Crippen LogP contribution in [0.15, 0.2) is 42.5 Å². The summed E-state index contributed by atoms with van der Waals surface area (Å²) >= 11 is 0. The van der Waals surface area contributed by atoms with Crippen LogP contribution in [-0.2, 0) is 17.3 Å². The van der Waals surface area contributed by atoms with Crippen molar-refractivity contribution in [2.24, 2.45) is 5.92 Å². The maximum Gasteiger partial charge on any atom is 0.416 e. The average molecular weight is 430 g/mol. The summed E-state index contributed by atoms with van der Waals surface area (Å²) < 4.78 is 45.0. The molecule has 3 aliphatic heterocycles. The van der Waals surface area contributed by atoms with Crippen LogP contribution in [-0.4, -0.2) is 36.7 Å². The van der Waals surface area contributed by atoms with Crippen molar-refractivity contribution >= 4 is 6.09 Å². The minimum Gasteiger partial charge on any atom is -0.445 e. The number of halogens is 3. The van der Waals surface area contributed by atoms with E-state index >= 15 is 0 Å². The van der Waals surface area contributed by atoms with Crippen molar-refractivity contribution in [3.63, 3.8) is 0 Å². The lowest BCUT2D eigenvalue weighted by atomic mass is 9.86. The second kappa shape index (κ2) is 7.86. The molecular formula is C24H25F3N2O2. The van der Waals surface area contributed by atoms with Gasteiger partial charge >= 0.3 is 12.3 Å². The zero-order valence-electron chi connectivity index (χ0n) is 17.1. The number of piperidine rings is 3. The van der Waals surface area contributed by atoms with Crippen LogP contribution >= 0.6 is 0 Å². The summed E-state index contributed by atoms with van der Waals surface area (Å²) in [6, 6.07) is 10.9. The van der Waals surface area contributed by atoms with Gasteiger partial charge in [0, 0.05) is 6.54 Å². The van der Waals surface area contributed by atoms with Gasteiger partial charge in [0.05, 0.1) is 11.6 Å². The molecule has 1 N–H and O–H groups in total. The number of ether oxygens (including phenoxy) is 1. The quantitative estimate of drug-likeness (QED) is 0.730. The lowest BCUT2D eigenvalue weighted by molar-refractivity contribution is -0.137. The summed E-state index contributed by atoms with van der Waals surface area (Å²) in [6.45, 7) is 2.97. The lowest BCUT2D eigenvalue weighted by Gasteiger charge is -2.43. The van der Waals surface area contributed by atoms with Crippen LogP contribution in [0.4, 0.5) is 18.0 Å². The van der Waals surface area contributed by atoms with Gasteiger partial charge in [0.2, 0.25) is 0 Å². The van der Waals surface area contributed by atoms with Crippen molar-refractivity contribution < 1.29 is 22.7 Å². The number of carbonyl (C=O) groups is 1. The smallest absolute Gasteiger partial charge is 0.416 e. The second-order valence-electron chi connectivity index (χ2n) is 8.81. The van der Waals surface area contributed by atoms with Gasteiger partial charge in [-0.05, 0) is 85.1 Å². The molecule has 3 saturated heterocycles. The molecule has 1 aliphatic carbocycles. The summed E-state index contributed by atoms with van der Waals surface area (Å²) in [7, 11) is 0. The Morgan fingerprint density at radius 3 is 2.52 bits per heavy atom. The molecule has 0 aromatic heterocycles. The lowest BCUT2D eigenvalue weighted by Crippen LogP contribution is -2.52. The van der Waals surface area contributed by atoms with Crippen LogP contribution in [0.2, 0.25) is 0 Å². The topological polar surface area (TPSA) is 41.6 Å². The molecule has 1 unspecified atom stereocenters. The Kier molecular flexibility index (Phi) is 5.16. The van der Waals surface area contributed by atoms with E-state index in [-0.39, 0.29) is 12.1 Å². The van der Waals surface area contributed by atoms with Gasteiger partial charge in [-0.15, -0.1) is 0 Å². The molecule has 3 fully saturated rings. The molecule has 3 heterocycles. The molecule has 1 amide bonds. The zero-order chi connectivity index (χ0) is 21.6. The van der Waals surface area contributed by atoms with E-state index in [9.17, 15) is 18.0 Å². The molecule has 6 rings (SSSR count). The molecule has 31 heavy (non-hydrogen) atoms. The number of alkyl halides is 3. The number of nitrogens with one attached hydrogen (secondary N) is 1. The van der Waals surface area contributed by atoms with Gasteiger partial charge in [-0.2, -0.15) is 13.2 Å². The number of amides is 1. The monoisotopic (exact) mass is 430 g/mol. The number of rotatable bonds is 3. The number of hydrogen-bond acceptors (Lipinski definition) is 3. The van der Waals surface area contributed by atoms with E-state index in [0.717, 1.165) is 62.5 Å². The zero-order valence-corrected chi connectivity index (χ0v) is 17.1. The van der Waals surface area contributed by atoms with Gasteiger partial charge in [-0.3, -0.25) is 4.90 Å². The number of carbonyl (C=O) groups excluding carboxylic acids is 1. The third kappa shape index (κ3) is 4.15. The van der Waals surface area contributed by atoms with E-state index in [4.69, 9.17) is 4.74 Å². The van der Waals surface area contributed by atoms with Crippen molar-refractivity contribution in [1.29, 1.82) is 0 Å². The summed E-state index contributed by atoms with van der Waals surface area (Å²) in [6.07, 6.45) is -1.11. The van der Waals surface area contributed by atoms with Gasteiger partial charge in [-0.1, -0.05) is 24.3 Å². The van der Waals surface area contributed by atoms with E-state index in [0.29, 0.717) is 17.0 Å². The molecule has 2 atom stereocenters. The van der Waals surface area contributed by atoms with Gasteiger partial charge < -0.3 is 10.1 Å². The molecule has 7 heteroatoms. The predicted molar refractivity (Wildman–Crippen MR) is 111 cm³/mol. The highest BCUT2D eigenvalue weighted by Gasteiger charge is 2.37. The van der Waals surface area contributed by atoms with Crippen molar-refractivity contribution in [1.82, 2.24) is 10.2 Å². The van der Waals surface area contributed by atoms with E-state index < -0.39 is 17.8 Å². The highest BCUT2D eigenvalue weighted by molar-refractivity contribution is 5.70. The first-order valence-electron chi connectivity index (χ1n) is 10.9. The normalized spacial score (nSPS) is 27.1. The number of fused-ring (bicyclic) bond motifs is 4. The number of nitrogens with zero attached hydrogens (tertiary/aromatic N) is 1. The van der Waals surface area contributed by atoms with Crippen molar-refractivity contribution in [2.45, 2.75) is 44.0 Å². The molecule has 4 aliphatic rings. The number of alkyl carbamates (subject to hydrolysis) is 1. The molecule has 2 aromatic carbocycles. The SMILES string of the molecule is O=C(NC1CCc2ccc(-c3cccc(C(F)(F)F)c3)cc21)O[C@@H]1CN2CCC1CC2. The van der Waals surface area contributed by atoms with E-state index in [1.54, 1.807) is 6.07 Å². The molecule has 2 bridgehead atoms. The van der Waals surface area contributed by atoms with E-state index in [2.05, 4.69) is 10.2 Å². The third-order valence-corrected chi connectivity index (χ3v) is 6.89. The summed E-state index contributed by atoms with van der Waals surface area (Å²) in [5.41, 5.74) is 2.63. The fourth-order valence-electron chi connectivity index (χ4n) is 5.17. The second-order valence-corrected chi connectivity index (χ2v) is 8.81. The maximum atomic E-state index is 13.1. The van der Waals surface area contributed by atoms with Crippen LogP contribution in [0.25, 0.3) is 11.1 Å². The summed E-state index contributed by atoms with van der Waals surface area (Å²) in [5.74, 6) is 0.444. The molecule has 0 spiro atoms. The Bertz CT molecular complexity index is 983. The van der Waals surface area contributed by atoms with Crippen LogP contribution in [0.1, 0.15) is 42.0 Å². The highest BCUT2D eigenvalue weighted by Crippen LogP contribution is 2.37. The number of hydrogen-bond donors (Lipinski definition) is 1. The van der Waals surface area contributed by atoms with Gasteiger partial charge in [0.15, 0.2) is 0 Å². The van der Waals surface area contributed by atoms with Crippen LogP contribution in [0, 0.1) is 5.92 Å².